The number of hydrogen-bond acceptors (Lipinski definition) is 7. The molecule has 0 radical (unpaired) electrons. The standard InChI is InChI=1S/C22H21N5O4/c1-13-8-20(27-26-13)25-21(28)9-14-4-6-15(7-5-14)31-22-16-10-18(29-2)19(30-3)11-17(16)23-12-24-22/h4-8,10-12H,9H2,1-3H3,(H2,25,26,27,28). The van der Waals surface area contributed by atoms with E-state index in [1.165, 1.54) is 6.33 Å². The summed E-state index contributed by atoms with van der Waals surface area (Å²) in [5.41, 5.74) is 2.33. The number of anilines is 1. The van der Waals surface area contributed by atoms with Gasteiger partial charge in [0, 0.05) is 12.1 Å². The molecule has 0 aliphatic carbocycles. The van der Waals surface area contributed by atoms with Crippen LogP contribution in [0.4, 0.5) is 5.82 Å². The predicted molar refractivity (Wildman–Crippen MR) is 115 cm³/mol. The van der Waals surface area contributed by atoms with Gasteiger partial charge in [0.05, 0.1) is 37.2 Å². The quantitative estimate of drug-likeness (QED) is 0.470. The third-order valence-corrected chi connectivity index (χ3v) is 4.59. The maximum absolute atomic E-state index is 12.2. The number of ether oxygens (including phenoxy) is 3. The van der Waals surface area contributed by atoms with Crippen molar-refractivity contribution in [2.24, 2.45) is 0 Å². The van der Waals surface area contributed by atoms with E-state index in [1.54, 1.807) is 44.6 Å². The van der Waals surface area contributed by atoms with Crippen LogP contribution in [0.1, 0.15) is 11.3 Å². The van der Waals surface area contributed by atoms with Crippen LogP contribution in [0.25, 0.3) is 10.9 Å². The zero-order chi connectivity index (χ0) is 21.8. The van der Waals surface area contributed by atoms with E-state index in [4.69, 9.17) is 14.2 Å². The van der Waals surface area contributed by atoms with Crippen LogP contribution in [0.3, 0.4) is 0 Å². The largest absolute Gasteiger partial charge is 0.493 e. The predicted octanol–water partition coefficient (Wildman–Crippen LogP) is 3.65. The second-order valence-corrected chi connectivity index (χ2v) is 6.80. The number of carbonyl (C=O) groups is 1. The molecule has 0 unspecified atom stereocenters. The van der Waals surface area contributed by atoms with Crippen molar-refractivity contribution < 1.29 is 19.0 Å². The first-order chi connectivity index (χ1) is 15.1. The minimum Gasteiger partial charge on any atom is -0.493 e. The van der Waals surface area contributed by atoms with Gasteiger partial charge in [-0.15, -0.1) is 0 Å². The van der Waals surface area contributed by atoms with Crippen LogP contribution < -0.4 is 19.5 Å². The Morgan fingerprint density at radius 3 is 2.45 bits per heavy atom. The monoisotopic (exact) mass is 419 g/mol. The van der Waals surface area contributed by atoms with Crippen molar-refractivity contribution in [3.05, 3.63) is 60.0 Å². The molecule has 1 amide bonds. The Balaban J connectivity index is 1.48. The van der Waals surface area contributed by atoms with Crippen LogP contribution >= 0.6 is 0 Å². The molecule has 0 aliphatic heterocycles. The number of nitrogens with zero attached hydrogens (tertiary/aromatic N) is 3. The van der Waals surface area contributed by atoms with Gasteiger partial charge in [0.2, 0.25) is 11.8 Å². The van der Waals surface area contributed by atoms with Crippen LogP contribution in [0.5, 0.6) is 23.1 Å². The Morgan fingerprint density at radius 1 is 1.03 bits per heavy atom. The van der Waals surface area contributed by atoms with Crippen LogP contribution in [-0.2, 0) is 11.2 Å². The minimum absolute atomic E-state index is 0.139. The molecular weight excluding hydrogens is 398 g/mol. The summed E-state index contributed by atoms with van der Waals surface area (Å²) >= 11 is 0. The van der Waals surface area contributed by atoms with Gasteiger partial charge in [-0.1, -0.05) is 12.1 Å². The summed E-state index contributed by atoms with van der Waals surface area (Å²) < 4.78 is 16.6. The minimum atomic E-state index is -0.139. The molecule has 0 atom stereocenters. The molecule has 9 nitrogen and oxygen atoms in total. The van der Waals surface area contributed by atoms with E-state index in [9.17, 15) is 4.79 Å². The third kappa shape index (κ3) is 4.55. The summed E-state index contributed by atoms with van der Waals surface area (Å²) in [6.07, 6.45) is 1.66. The molecule has 0 aliphatic rings. The smallest absolute Gasteiger partial charge is 0.230 e. The molecule has 0 saturated carbocycles. The molecule has 158 valence electrons. The van der Waals surface area contributed by atoms with Crippen molar-refractivity contribution in [2.75, 3.05) is 19.5 Å². The van der Waals surface area contributed by atoms with E-state index in [0.717, 1.165) is 11.3 Å². The molecular formula is C22H21N5O4. The molecule has 4 rings (SSSR count). The number of aromatic nitrogens is 4. The molecule has 31 heavy (non-hydrogen) atoms. The van der Waals surface area contributed by atoms with E-state index in [-0.39, 0.29) is 12.3 Å². The first-order valence-electron chi connectivity index (χ1n) is 9.51. The fourth-order valence-electron chi connectivity index (χ4n) is 3.09. The Hall–Kier alpha value is -4.14. The summed E-state index contributed by atoms with van der Waals surface area (Å²) in [7, 11) is 3.14. The van der Waals surface area contributed by atoms with Gasteiger partial charge in [-0.2, -0.15) is 5.10 Å². The lowest BCUT2D eigenvalue weighted by Crippen LogP contribution is -2.14. The molecule has 0 fully saturated rings. The average Bonchev–Trinajstić information content (AvgIpc) is 3.18. The zero-order valence-corrected chi connectivity index (χ0v) is 17.3. The van der Waals surface area contributed by atoms with Crippen LogP contribution in [-0.4, -0.2) is 40.3 Å². The van der Waals surface area contributed by atoms with Crippen molar-refractivity contribution in [2.45, 2.75) is 13.3 Å². The maximum Gasteiger partial charge on any atom is 0.230 e. The van der Waals surface area contributed by atoms with Gasteiger partial charge >= 0.3 is 0 Å². The molecule has 9 heteroatoms. The molecule has 0 spiro atoms. The number of hydrogen-bond donors (Lipinski definition) is 2. The molecule has 4 aromatic rings. The third-order valence-electron chi connectivity index (χ3n) is 4.59. The fourth-order valence-corrected chi connectivity index (χ4v) is 3.09. The number of rotatable bonds is 7. The first kappa shape index (κ1) is 20.1. The molecule has 2 aromatic heterocycles. The first-order valence-corrected chi connectivity index (χ1v) is 9.51. The van der Waals surface area contributed by atoms with Gasteiger partial charge in [0.25, 0.3) is 0 Å². The molecule has 0 bridgehead atoms. The maximum atomic E-state index is 12.2. The van der Waals surface area contributed by atoms with Gasteiger partial charge in [-0.05, 0) is 30.7 Å². The number of fused-ring (bicyclic) bond motifs is 1. The normalized spacial score (nSPS) is 10.7. The highest BCUT2D eigenvalue weighted by molar-refractivity contribution is 5.91. The van der Waals surface area contributed by atoms with Gasteiger partial charge in [-0.25, -0.2) is 9.97 Å². The number of benzene rings is 2. The lowest BCUT2D eigenvalue weighted by atomic mass is 10.1. The Morgan fingerprint density at radius 2 is 1.77 bits per heavy atom. The summed E-state index contributed by atoms with van der Waals surface area (Å²) in [6, 6.07) is 12.6. The average molecular weight is 419 g/mol. The van der Waals surface area contributed by atoms with Gasteiger partial charge < -0.3 is 19.5 Å². The number of aryl methyl sites for hydroxylation is 1. The molecule has 2 N–H and O–H groups in total. The second-order valence-electron chi connectivity index (χ2n) is 6.80. The molecule has 2 heterocycles. The lowest BCUT2D eigenvalue weighted by Gasteiger charge is -2.11. The number of methoxy groups -OCH3 is 2. The highest BCUT2D eigenvalue weighted by atomic mass is 16.5. The number of amides is 1. The van der Waals surface area contributed by atoms with E-state index in [2.05, 4.69) is 25.5 Å². The van der Waals surface area contributed by atoms with Crippen LogP contribution in [0.2, 0.25) is 0 Å². The van der Waals surface area contributed by atoms with Crippen molar-refractivity contribution in [1.82, 2.24) is 20.2 Å². The SMILES string of the molecule is COc1cc2ncnc(Oc3ccc(CC(=O)Nc4cc(C)n[nH]4)cc3)c2cc1OC. The number of nitrogens with one attached hydrogen (secondary N) is 2. The number of carbonyl (C=O) groups excluding carboxylic acids is 1. The van der Waals surface area contributed by atoms with Crippen molar-refractivity contribution in [3.8, 4) is 23.1 Å². The van der Waals surface area contributed by atoms with E-state index < -0.39 is 0 Å². The topological polar surface area (TPSA) is 111 Å². The van der Waals surface area contributed by atoms with Crippen LogP contribution in [0, 0.1) is 6.92 Å². The van der Waals surface area contributed by atoms with E-state index >= 15 is 0 Å². The number of H-pyrrole nitrogens is 1. The van der Waals surface area contributed by atoms with Gasteiger partial charge in [-0.3, -0.25) is 9.89 Å². The summed E-state index contributed by atoms with van der Waals surface area (Å²) in [5.74, 6) is 2.55. The summed E-state index contributed by atoms with van der Waals surface area (Å²) in [5, 5.41) is 10.2. The Kier molecular flexibility index (Phi) is 5.65. The van der Waals surface area contributed by atoms with Crippen molar-refractivity contribution in [3.63, 3.8) is 0 Å². The van der Waals surface area contributed by atoms with Crippen molar-refractivity contribution >= 4 is 22.6 Å². The highest BCUT2D eigenvalue weighted by Crippen LogP contribution is 2.35. The zero-order valence-electron chi connectivity index (χ0n) is 17.3. The lowest BCUT2D eigenvalue weighted by molar-refractivity contribution is -0.115. The highest BCUT2D eigenvalue weighted by Gasteiger charge is 2.13. The second kappa shape index (κ2) is 8.70. The van der Waals surface area contributed by atoms with E-state index in [1.807, 2.05) is 19.1 Å². The number of aromatic amines is 1. The molecule has 2 aromatic carbocycles. The van der Waals surface area contributed by atoms with Gasteiger partial charge in [0.15, 0.2) is 11.5 Å². The Bertz CT molecular complexity index is 1220. The van der Waals surface area contributed by atoms with Gasteiger partial charge in [0.1, 0.15) is 17.9 Å². The fraction of sp³-hybridized carbons (Fsp3) is 0.182. The summed E-state index contributed by atoms with van der Waals surface area (Å²) in [4.78, 5) is 20.7. The molecule has 0 saturated heterocycles. The van der Waals surface area contributed by atoms with Crippen LogP contribution in [0.15, 0.2) is 48.8 Å². The Labute approximate surface area is 178 Å². The van der Waals surface area contributed by atoms with E-state index in [0.29, 0.717) is 39.8 Å². The summed E-state index contributed by atoms with van der Waals surface area (Å²) in [6.45, 7) is 1.85. The van der Waals surface area contributed by atoms with Crippen molar-refractivity contribution in [1.29, 1.82) is 0 Å².